The summed E-state index contributed by atoms with van der Waals surface area (Å²) in [6.07, 6.45) is 5.61. The molecule has 0 bridgehead atoms. The predicted molar refractivity (Wildman–Crippen MR) is 168 cm³/mol. The fourth-order valence-electron chi connectivity index (χ4n) is 5.63. The molecule has 0 saturated heterocycles. The third kappa shape index (κ3) is 7.40. The summed E-state index contributed by atoms with van der Waals surface area (Å²) in [5.41, 5.74) is 4.02. The van der Waals surface area contributed by atoms with E-state index in [-0.39, 0.29) is 23.4 Å². The summed E-state index contributed by atoms with van der Waals surface area (Å²) >= 11 is 0. The second kappa shape index (κ2) is 14.0. The van der Waals surface area contributed by atoms with E-state index in [0.29, 0.717) is 12.1 Å². The first-order chi connectivity index (χ1) is 20.1. The molecule has 42 heavy (non-hydrogen) atoms. The maximum Gasteiger partial charge on any atom is 0.264 e. The fraction of sp³-hybridized carbons (Fsp3) is 0.412. The van der Waals surface area contributed by atoms with Gasteiger partial charge in [-0.25, -0.2) is 8.42 Å². The van der Waals surface area contributed by atoms with Crippen molar-refractivity contribution in [1.82, 2.24) is 10.2 Å². The molecule has 1 aliphatic carbocycles. The summed E-state index contributed by atoms with van der Waals surface area (Å²) in [6, 6.07) is 20.9. The highest BCUT2D eigenvalue weighted by molar-refractivity contribution is 7.92. The standard InChI is InChI=1S/C34H43N3O4S/c1-5-31(34(39)35-29-16-7-6-8-17-29)36(23-28-15-11-9-13-26(28)3)33(38)24-37(32-18-12-10-14-27(32)4)42(40,41)30-21-19-25(2)20-22-30/h9-15,18-22,29,31H,5-8,16-17,23-24H2,1-4H3,(H,35,39)/t31-/m0/s1. The number of hydrogen-bond donors (Lipinski definition) is 1. The number of rotatable bonds is 11. The smallest absolute Gasteiger partial charge is 0.264 e. The topological polar surface area (TPSA) is 86.8 Å². The maximum absolute atomic E-state index is 14.3. The zero-order valence-electron chi connectivity index (χ0n) is 25.2. The van der Waals surface area contributed by atoms with Crippen molar-refractivity contribution in [3.8, 4) is 0 Å². The van der Waals surface area contributed by atoms with E-state index in [9.17, 15) is 18.0 Å². The highest BCUT2D eigenvalue weighted by atomic mass is 32.2. The second-order valence-electron chi connectivity index (χ2n) is 11.3. The van der Waals surface area contributed by atoms with Gasteiger partial charge in [0.05, 0.1) is 10.6 Å². The summed E-state index contributed by atoms with van der Waals surface area (Å²) in [5.74, 6) is -0.613. The van der Waals surface area contributed by atoms with Crippen molar-refractivity contribution < 1.29 is 18.0 Å². The number of para-hydroxylation sites is 1. The van der Waals surface area contributed by atoms with E-state index in [1.165, 1.54) is 10.7 Å². The summed E-state index contributed by atoms with van der Waals surface area (Å²) < 4.78 is 29.3. The van der Waals surface area contributed by atoms with Crippen molar-refractivity contribution in [2.24, 2.45) is 0 Å². The lowest BCUT2D eigenvalue weighted by Crippen LogP contribution is -2.54. The first kappa shape index (κ1) is 31.3. The van der Waals surface area contributed by atoms with Crippen LogP contribution in [-0.4, -0.2) is 43.8 Å². The molecule has 1 fully saturated rings. The number of nitrogens with zero attached hydrogens (tertiary/aromatic N) is 2. The molecule has 7 nitrogen and oxygen atoms in total. The Morgan fingerprint density at radius 3 is 2.10 bits per heavy atom. The van der Waals surface area contributed by atoms with Crippen LogP contribution in [0.2, 0.25) is 0 Å². The number of benzene rings is 3. The number of carbonyl (C=O) groups is 2. The molecule has 8 heteroatoms. The Labute approximate surface area is 251 Å². The molecular formula is C34H43N3O4S. The van der Waals surface area contributed by atoms with Gasteiger partial charge in [0.25, 0.3) is 10.0 Å². The zero-order chi connectivity index (χ0) is 30.3. The Balaban J connectivity index is 1.72. The van der Waals surface area contributed by atoms with Gasteiger partial charge in [-0.1, -0.05) is 86.3 Å². The fourth-order valence-corrected chi connectivity index (χ4v) is 7.11. The molecule has 3 aromatic carbocycles. The minimum atomic E-state index is -4.09. The van der Waals surface area contributed by atoms with Crippen LogP contribution in [-0.2, 0) is 26.2 Å². The Kier molecular flexibility index (Phi) is 10.4. The lowest BCUT2D eigenvalue weighted by Gasteiger charge is -2.35. The van der Waals surface area contributed by atoms with E-state index in [0.717, 1.165) is 47.9 Å². The minimum absolute atomic E-state index is 0.0982. The third-order valence-corrected chi connectivity index (χ3v) is 9.99. The van der Waals surface area contributed by atoms with Crippen LogP contribution in [0.1, 0.15) is 67.7 Å². The van der Waals surface area contributed by atoms with E-state index in [1.54, 1.807) is 41.3 Å². The van der Waals surface area contributed by atoms with Crippen LogP contribution in [0.4, 0.5) is 5.69 Å². The summed E-state index contributed by atoms with van der Waals surface area (Å²) in [6.45, 7) is 7.36. The molecule has 0 unspecified atom stereocenters. The number of amides is 2. The zero-order valence-corrected chi connectivity index (χ0v) is 26.0. The van der Waals surface area contributed by atoms with Crippen LogP contribution >= 0.6 is 0 Å². The molecule has 3 aromatic rings. The van der Waals surface area contributed by atoms with Crippen LogP contribution in [0.25, 0.3) is 0 Å². The van der Waals surface area contributed by atoms with Crippen LogP contribution in [0, 0.1) is 20.8 Å². The second-order valence-corrected chi connectivity index (χ2v) is 13.2. The summed E-state index contributed by atoms with van der Waals surface area (Å²) in [7, 11) is -4.09. The van der Waals surface area contributed by atoms with Crippen LogP contribution < -0.4 is 9.62 Å². The Morgan fingerprint density at radius 2 is 1.48 bits per heavy atom. The largest absolute Gasteiger partial charge is 0.352 e. The Bertz CT molecular complexity index is 1480. The molecule has 0 aromatic heterocycles. The van der Waals surface area contributed by atoms with Crippen molar-refractivity contribution in [1.29, 1.82) is 0 Å². The van der Waals surface area contributed by atoms with Gasteiger partial charge in [-0.2, -0.15) is 0 Å². The van der Waals surface area contributed by atoms with Crippen LogP contribution in [0.15, 0.2) is 77.7 Å². The third-order valence-electron chi connectivity index (χ3n) is 8.21. The van der Waals surface area contributed by atoms with E-state index < -0.39 is 28.5 Å². The first-order valence-electron chi connectivity index (χ1n) is 14.9. The van der Waals surface area contributed by atoms with Gasteiger partial charge in [-0.3, -0.25) is 13.9 Å². The molecule has 0 aliphatic heterocycles. The molecule has 1 aliphatic rings. The van der Waals surface area contributed by atoms with E-state index in [1.807, 2.05) is 64.1 Å². The van der Waals surface area contributed by atoms with Gasteiger partial charge >= 0.3 is 0 Å². The summed E-state index contributed by atoms with van der Waals surface area (Å²) in [4.78, 5) is 29.7. The molecular weight excluding hydrogens is 546 g/mol. The quantitative estimate of drug-likeness (QED) is 0.294. The van der Waals surface area contributed by atoms with Crippen LogP contribution in [0.3, 0.4) is 0 Å². The minimum Gasteiger partial charge on any atom is -0.352 e. The van der Waals surface area contributed by atoms with Crippen molar-refractivity contribution in [2.45, 2.75) is 89.7 Å². The lowest BCUT2D eigenvalue weighted by atomic mass is 9.95. The van der Waals surface area contributed by atoms with E-state index in [4.69, 9.17) is 0 Å². The Hall–Kier alpha value is -3.65. The molecule has 0 spiro atoms. The average Bonchev–Trinajstić information content (AvgIpc) is 2.98. The van der Waals surface area contributed by atoms with E-state index >= 15 is 0 Å². The molecule has 0 radical (unpaired) electrons. The number of aryl methyl sites for hydroxylation is 3. The maximum atomic E-state index is 14.3. The van der Waals surface area contributed by atoms with Gasteiger partial charge in [-0.15, -0.1) is 0 Å². The number of sulfonamides is 1. The molecule has 0 heterocycles. The van der Waals surface area contributed by atoms with Crippen molar-refractivity contribution in [3.05, 3.63) is 95.1 Å². The van der Waals surface area contributed by atoms with Gasteiger partial charge in [0, 0.05) is 12.6 Å². The highest BCUT2D eigenvalue weighted by Crippen LogP contribution is 2.28. The van der Waals surface area contributed by atoms with Crippen molar-refractivity contribution in [2.75, 3.05) is 10.8 Å². The van der Waals surface area contributed by atoms with Crippen LogP contribution in [0.5, 0.6) is 0 Å². The molecule has 2 amide bonds. The van der Waals surface area contributed by atoms with Gasteiger partial charge in [0.15, 0.2) is 0 Å². The average molecular weight is 590 g/mol. The summed E-state index contributed by atoms with van der Waals surface area (Å²) in [5, 5.41) is 3.20. The number of anilines is 1. The van der Waals surface area contributed by atoms with Gasteiger partial charge in [0.1, 0.15) is 12.6 Å². The molecule has 224 valence electrons. The first-order valence-corrected chi connectivity index (χ1v) is 16.3. The molecule has 1 N–H and O–H groups in total. The van der Waals surface area contributed by atoms with Gasteiger partial charge < -0.3 is 10.2 Å². The normalized spacial score (nSPS) is 14.7. The van der Waals surface area contributed by atoms with Crippen molar-refractivity contribution in [3.63, 3.8) is 0 Å². The monoisotopic (exact) mass is 589 g/mol. The molecule has 4 rings (SSSR count). The predicted octanol–water partition coefficient (Wildman–Crippen LogP) is 6.06. The van der Waals surface area contributed by atoms with E-state index in [2.05, 4.69) is 5.32 Å². The van der Waals surface area contributed by atoms with Gasteiger partial charge in [-0.05, 0) is 74.9 Å². The lowest BCUT2D eigenvalue weighted by molar-refractivity contribution is -0.140. The molecule has 1 atom stereocenters. The van der Waals surface area contributed by atoms with Gasteiger partial charge in [0.2, 0.25) is 11.8 Å². The number of carbonyl (C=O) groups excluding carboxylic acids is 2. The highest BCUT2D eigenvalue weighted by Gasteiger charge is 2.35. The SMILES string of the molecule is CC[C@@H](C(=O)NC1CCCCC1)N(Cc1ccccc1C)C(=O)CN(c1ccccc1C)S(=O)(=O)c1ccc(C)cc1. The molecule has 1 saturated carbocycles. The number of hydrogen-bond acceptors (Lipinski definition) is 4. The number of nitrogens with one attached hydrogen (secondary N) is 1. The Morgan fingerprint density at radius 1 is 0.857 bits per heavy atom. The van der Waals surface area contributed by atoms with Crippen molar-refractivity contribution >= 4 is 27.5 Å².